The van der Waals surface area contributed by atoms with Gasteiger partial charge in [-0.25, -0.2) is 0 Å². The average molecular weight is 233 g/mol. The van der Waals surface area contributed by atoms with E-state index in [9.17, 15) is 0 Å². The average Bonchev–Trinajstić information content (AvgIpc) is 2.81. The van der Waals surface area contributed by atoms with Crippen molar-refractivity contribution in [2.45, 2.75) is 45.1 Å². The third kappa shape index (κ3) is 3.01. The highest BCUT2D eigenvalue weighted by atomic mass is 16.5. The fourth-order valence-corrected chi connectivity index (χ4v) is 2.86. The van der Waals surface area contributed by atoms with Crippen LogP contribution in [0.1, 0.15) is 49.3 Å². The largest absolute Gasteiger partial charge is 0.496 e. The van der Waals surface area contributed by atoms with E-state index in [-0.39, 0.29) is 6.04 Å². The molecule has 2 rings (SSSR count). The molecule has 0 aromatic heterocycles. The molecule has 1 unspecified atom stereocenters. The van der Waals surface area contributed by atoms with Gasteiger partial charge in [0.05, 0.1) is 7.11 Å². The van der Waals surface area contributed by atoms with Crippen molar-refractivity contribution in [3.63, 3.8) is 0 Å². The van der Waals surface area contributed by atoms with E-state index >= 15 is 0 Å². The zero-order valence-corrected chi connectivity index (χ0v) is 10.9. The van der Waals surface area contributed by atoms with Crippen molar-refractivity contribution in [3.05, 3.63) is 29.3 Å². The second-order valence-electron chi connectivity index (χ2n) is 5.24. The fraction of sp³-hybridized carbons (Fsp3) is 0.600. The lowest BCUT2D eigenvalue weighted by Crippen LogP contribution is -2.15. The van der Waals surface area contributed by atoms with Gasteiger partial charge in [-0.05, 0) is 30.9 Å². The molecular weight excluding hydrogens is 210 g/mol. The van der Waals surface area contributed by atoms with Crippen LogP contribution in [-0.2, 0) is 0 Å². The molecule has 1 aliphatic rings. The van der Waals surface area contributed by atoms with E-state index in [0.717, 1.165) is 23.7 Å². The first kappa shape index (κ1) is 12.4. The summed E-state index contributed by atoms with van der Waals surface area (Å²) in [5.41, 5.74) is 8.70. The molecule has 1 atom stereocenters. The second kappa shape index (κ2) is 5.54. The number of rotatable bonds is 4. The first-order valence-corrected chi connectivity index (χ1v) is 6.61. The monoisotopic (exact) mass is 233 g/mol. The summed E-state index contributed by atoms with van der Waals surface area (Å²) in [7, 11) is 1.72. The van der Waals surface area contributed by atoms with Crippen LogP contribution in [-0.4, -0.2) is 7.11 Å². The lowest BCUT2D eigenvalue weighted by molar-refractivity contribution is 0.393. The van der Waals surface area contributed by atoms with Gasteiger partial charge in [0.2, 0.25) is 0 Å². The van der Waals surface area contributed by atoms with Crippen molar-refractivity contribution < 1.29 is 4.74 Å². The van der Waals surface area contributed by atoms with Crippen molar-refractivity contribution >= 4 is 0 Å². The standard InChI is InChI=1S/C15H23NO/c1-11-7-8-13(15(9-11)17-2)14(16)10-12-5-3-4-6-12/h7-9,12,14H,3-6,10,16H2,1-2H3. The number of aryl methyl sites for hydroxylation is 1. The van der Waals surface area contributed by atoms with Gasteiger partial charge in [-0.15, -0.1) is 0 Å². The highest BCUT2D eigenvalue weighted by Crippen LogP contribution is 2.34. The minimum atomic E-state index is 0.119. The maximum atomic E-state index is 6.32. The van der Waals surface area contributed by atoms with E-state index in [1.54, 1.807) is 7.11 Å². The molecule has 1 fully saturated rings. The van der Waals surface area contributed by atoms with Crippen molar-refractivity contribution in [2.24, 2.45) is 11.7 Å². The Morgan fingerprint density at radius 2 is 2.06 bits per heavy atom. The fourth-order valence-electron chi connectivity index (χ4n) is 2.86. The Morgan fingerprint density at radius 3 is 2.71 bits per heavy atom. The smallest absolute Gasteiger partial charge is 0.123 e. The Bertz CT molecular complexity index is 369. The molecule has 1 aromatic carbocycles. The van der Waals surface area contributed by atoms with Crippen LogP contribution in [0.2, 0.25) is 0 Å². The number of ether oxygens (including phenoxy) is 1. The Labute approximate surface area is 104 Å². The lowest BCUT2D eigenvalue weighted by Gasteiger charge is -2.19. The number of hydrogen-bond acceptors (Lipinski definition) is 2. The molecule has 0 aliphatic heterocycles. The third-order valence-electron chi connectivity index (χ3n) is 3.85. The van der Waals surface area contributed by atoms with E-state index < -0.39 is 0 Å². The highest BCUT2D eigenvalue weighted by molar-refractivity contribution is 5.39. The van der Waals surface area contributed by atoms with Crippen molar-refractivity contribution in [1.29, 1.82) is 0 Å². The quantitative estimate of drug-likeness (QED) is 0.862. The van der Waals surface area contributed by atoms with Crippen molar-refractivity contribution in [1.82, 2.24) is 0 Å². The molecule has 2 nitrogen and oxygen atoms in total. The molecule has 0 bridgehead atoms. The normalized spacial score (nSPS) is 18.3. The minimum Gasteiger partial charge on any atom is -0.496 e. The maximum absolute atomic E-state index is 6.32. The number of methoxy groups -OCH3 is 1. The minimum absolute atomic E-state index is 0.119. The van der Waals surface area contributed by atoms with Gasteiger partial charge in [-0.1, -0.05) is 37.8 Å². The Balaban J connectivity index is 2.09. The summed E-state index contributed by atoms with van der Waals surface area (Å²) in [6, 6.07) is 6.43. The molecule has 0 spiro atoms. The molecule has 0 amide bonds. The summed E-state index contributed by atoms with van der Waals surface area (Å²) in [4.78, 5) is 0. The van der Waals surface area contributed by atoms with Crippen LogP contribution in [0.4, 0.5) is 0 Å². The molecule has 1 aromatic rings. The van der Waals surface area contributed by atoms with E-state index in [0.29, 0.717) is 0 Å². The van der Waals surface area contributed by atoms with Crippen LogP contribution in [0.15, 0.2) is 18.2 Å². The van der Waals surface area contributed by atoms with Gasteiger partial charge in [0.15, 0.2) is 0 Å². The van der Waals surface area contributed by atoms with Gasteiger partial charge in [-0.3, -0.25) is 0 Å². The zero-order valence-electron chi connectivity index (χ0n) is 10.9. The molecule has 2 heteroatoms. The summed E-state index contributed by atoms with van der Waals surface area (Å²) in [6.45, 7) is 2.08. The van der Waals surface area contributed by atoms with Gasteiger partial charge < -0.3 is 10.5 Å². The van der Waals surface area contributed by atoms with E-state index in [1.165, 1.54) is 31.2 Å². The van der Waals surface area contributed by atoms with E-state index in [2.05, 4.69) is 25.1 Å². The van der Waals surface area contributed by atoms with E-state index in [4.69, 9.17) is 10.5 Å². The molecule has 1 aliphatic carbocycles. The van der Waals surface area contributed by atoms with Gasteiger partial charge >= 0.3 is 0 Å². The van der Waals surface area contributed by atoms with Gasteiger partial charge in [0.1, 0.15) is 5.75 Å². The van der Waals surface area contributed by atoms with Crippen molar-refractivity contribution in [3.8, 4) is 5.75 Å². The SMILES string of the molecule is COc1cc(C)ccc1C(N)CC1CCCC1. The molecule has 0 heterocycles. The predicted octanol–water partition coefficient (Wildman–Crippen LogP) is 3.58. The van der Waals surface area contributed by atoms with Crippen LogP contribution >= 0.6 is 0 Å². The summed E-state index contributed by atoms with van der Waals surface area (Å²) in [5.74, 6) is 1.76. The van der Waals surface area contributed by atoms with Crippen LogP contribution in [0.3, 0.4) is 0 Å². The number of hydrogen-bond donors (Lipinski definition) is 1. The molecule has 94 valence electrons. The molecule has 0 radical (unpaired) electrons. The van der Waals surface area contributed by atoms with Gasteiger partial charge in [0.25, 0.3) is 0 Å². The van der Waals surface area contributed by atoms with Crippen LogP contribution < -0.4 is 10.5 Å². The van der Waals surface area contributed by atoms with E-state index in [1.807, 2.05) is 0 Å². The second-order valence-corrected chi connectivity index (χ2v) is 5.24. The molecule has 0 saturated heterocycles. The van der Waals surface area contributed by atoms with Crippen LogP contribution in [0.25, 0.3) is 0 Å². The topological polar surface area (TPSA) is 35.2 Å². The zero-order chi connectivity index (χ0) is 12.3. The first-order chi connectivity index (χ1) is 8.20. The van der Waals surface area contributed by atoms with Crippen LogP contribution in [0, 0.1) is 12.8 Å². The number of benzene rings is 1. The molecule has 2 N–H and O–H groups in total. The Hall–Kier alpha value is -1.02. The Morgan fingerprint density at radius 1 is 1.35 bits per heavy atom. The third-order valence-corrected chi connectivity index (χ3v) is 3.85. The Kier molecular flexibility index (Phi) is 4.06. The van der Waals surface area contributed by atoms with Gasteiger partial charge in [0, 0.05) is 11.6 Å². The van der Waals surface area contributed by atoms with Crippen molar-refractivity contribution in [2.75, 3.05) is 7.11 Å². The molecule has 1 saturated carbocycles. The summed E-state index contributed by atoms with van der Waals surface area (Å²) >= 11 is 0. The summed E-state index contributed by atoms with van der Waals surface area (Å²) in [5, 5.41) is 0. The predicted molar refractivity (Wildman–Crippen MR) is 71.2 cm³/mol. The summed E-state index contributed by atoms with van der Waals surface area (Å²) < 4.78 is 5.43. The lowest BCUT2D eigenvalue weighted by atomic mass is 9.93. The summed E-state index contributed by atoms with van der Waals surface area (Å²) in [6.07, 6.45) is 6.55. The van der Waals surface area contributed by atoms with Gasteiger partial charge in [-0.2, -0.15) is 0 Å². The number of nitrogens with two attached hydrogens (primary N) is 1. The van der Waals surface area contributed by atoms with Crippen LogP contribution in [0.5, 0.6) is 5.75 Å². The molecule has 17 heavy (non-hydrogen) atoms. The molecular formula is C15H23NO. The highest BCUT2D eigenvalue weighted by Gasteiger charge is 2.20. The first-order valence-electron chi connectivity index (χ1n) is 6.61. The maximum Gasteiger partial charge on any atom is 0.123 e.